The molecule has 0 aliphatic carbocycles. The smallest absolute Gasteiger partial charge is 0.319 e. The number of fused-ring (bicyclic) bond motifs is 2. The highest BCUT2D eigenvalue weighted by Crippen LogP contribution is 2.44. The summed E-state index contributed by atoms with van der Waals surface area (Å²) in [4.78, 5) is 18.4. The number of phenolic OH excluding ortho intramolecular Hbond substituents is 1. The number of nitrogens with one attached hydrogen (secondary N) is 1. The molecule has 0 radical (unpaired) electrons. The molecule has 0 bridgehead atoms. The van der Waals surface area contributed by atoms with Gasteiger partial charge >= 0.3 is 6.01 Å². The van der Waals surface area contributed by atoms with E-state index in [2.05, 4.69) is 37.9 Å². The topological polar surface area (TPSA) is 95.9 Å². The lowest BCUT2D eigenvalue weighted by molar-refractivity contribution is 0.107. The van der Waals surface area contributed by atoms with Gasteiger partial charge in [-0.25, -0.2) is 13.8 Å². The number of phenols is 1. The molecule has 2 aromatic carbocycles. The van der Waals surface area contributed by atoms with Gasteiger partial charge in [-0.3, -0.25) is 4.90 Å². The lowest BCUT2D eigenvalue weighted by atomic mass is 9.95. The lowest BCUT2D eigenvalue weighted by Gasteiger charge is -2.38. The van der Waals surface area contributed by atoms with Gasteiger partial charge in [-0.1, -0.05) is 18.1 Å². The number of nitrogens with zero attached hydrogens (tertiary/aromatic N) is 5. The van der Waals surface area contributed by atoms with E-state index in [0.717, 1.165) is 25.8 Å². The van der Waals surface area contributed by atoms with E-state index in [1.54, 1.807) is 24.3 Å². The Morgan fingerprint density at radius 1 is 1.22 bits per heavy atom. The van der Waals surface area contributed by atoms with Crippen LogP contribution < -0.4 is 19.7 Å². The zero-order chi connectivity index (χ0) is 30.9. The van der Waals surface area contributed by atoms with Crippen LogP contribution in [0.25, 0.3) is 32.9 Å². The van der Waals surface area contributed by atoms with Crippen molar-refractivity contribution < 1.29 is 23.4 Å². The second kappa shape index (κ2) is 10.7. The van der Waals surface area contributed by atoms with E-state index in [0.29, 0.717) is 71.8 Å². The fourth-order valence-corrected chi connectivity index (χ4v) is 7.78. The van der Waals surface area contributed by atoms with Gasteiger partial charge in [-0.2, -0.15) is 9.97 Å². The van der Waals surface area contributed by atoms with Crippen molar-refractivity contribution in [2.24, 2.45) is 0 Å². The molecular formula is C34H34F2N6O3. The number of hydrogen-bond acceptors (Lipinski definition) is 9. The van der Waals surface area contributed by atoms with E-state index in [-0.39, 0.29) is 41.5 Å². The first-order chi connectivity index (χ1) is 21.8. The van der Waals surface area contributed by atoms with Crippen LogP contribution in [0.3, 0.4) is 0 Å². The molecule has 9 nitrogen and oxygen atoms in total. The standard InChI is InChI=1S/C34H34F2N6O3/c1-3-20-6-4-7-21-13-24(43)14-25(26(20)21)29-28(36)30-27-31(41(10-11-44-32(27)38-29)17-23-12-19(2)37-23)40-33(39-30)45-18-34-8-5-9-42(34)16-22(35)15-34/h1,4,6-7,13-14,19,22-23,37,43H,5,8-12,15-18H2,2H3. The van der Waals surface area contributed by atoms with Crippen LogP contribution in [-0.2, 0) is 0 Å². The van der Waals surface area contributed by atoms with Crippen molar-refractivity contribution in [1.29, 1.82) is 0 Å². The summed E-state index contributed by atoms with van der Waals surface area (Å²) < 4.78 is 43.8. The summed E-state index contributed by atoms with van der Waals surface area (Å²) in [5, 5.41) is 15.7. The molecular weight excluding hydrogens is 578 g/mol. The second-order valence-electron chi connectivity index (χ2n) is 12.8. The van der Waals surface area contributed by atoms with E-state index in [4.69, 9.17) is 20.9 Å². The predicted molar refractivity (Wildman–Crippen MR) is 167 cm³/mol. The highest BCUT2D eigenvalue weighted by atomic mass is 19.1. The summed E-state index contributed by atoms with van der Waals surface area (Å²) in [6, 6.07) is 9.11. The van der Waals surface area contributed by atoms with Crippen molar-refractivity contribution in [3.8, 4) is 41.2 Å². The van der Waals surface area contributed by atoms with Gasteiger partial charge in [-0.15, -0.1) is 6.42 Å². The first-order valence-electron chi connectivity index (χ1n) is 15.6. The molecule has 8 rings (SSSR count). The normalized spacial score (nSPS) is 25.9. The summed E-state index contributed by atoms with van der Waals surface area (Å²) >= 11 is 0. The number of pyridine rings is 1. The van der Waals surface area contributed by atoms with Crippen LogP contribution in [0.1, 0.15) is 38.2 Å². The highest BCUT2D eigenvalue weighted by Gasteiger charge is 2.49. The number of aromatic nitrogens is 3. The number of alkyl halides is 1. The molecule has 11 heteroatoms. The summed E-state index contributed by atoms with van der Waals surface area (Å²) in [6.45, 7) is 5.03. The quantitative estimate of drug-likeness (QED) is 0.304. The van der Waals surface area contributed by atoms with E-state index in [1.165, 1.54) is 6.07 Å². The molecule has 232 valence electrons. The molecule has 4 atom stereocenters. The molecule has 4 aliphatic heterocycles. The number of terminal acetylenes is 1. The van der Waals surface area contributed by atoms with Crippen molar-refractivity contribution in [2.75, 3.05) is 44.3 Å². The van der Waals surface area contributed by atoms with E-state index < -0.39 is 17.5 Å². The molecule has 0 spiro atoms. The maximum Gasteiger partial charge on any atom is 0.319 e. The van der Waals surface area contributed by atoms with Crippen molar-refractivity contribution in [2.45, 2.75) is 56.4 Å². The largest absolute Gasteiger partial charge is 0.508 e. The Bertz CT molecular complexity index is 1880. The molecule has 45 heavy (non-hydrogen) atoms. The number of rotatable bonds is 6. The summed E-state index contributed by atoms with van der Waals surface area (Å²) in [5.74, 6) is 2.61. The monoisotopic (exact) mass is 612 g/mol. The minimum Gasteiger partial charge on any atom is -0.508 e. The number of ether oxygens (including phenoxy) is 2. The third kappa shape index (κ3) is 4.70. The fourth-order valence-electron chi connectivity index (χ4n) is 7.78. The van der Waals surface area contributed by atoms with Crippen LogP contribution in [0.4, 0.5) is 14.6 Å². The maximum absolute atomic E-state index is 16.9. The molecule has 4 unspecified atom stereocenters. The minimum atomic E-state index is -0.903. The van der Waals surface area contributed by atoms with Gasteiger partial charge in [0.1, 0.15) is 47.5 Å². The first-order valence-corrected chi connectivity index (χ1v) is 15.6. The zero-order valence-corrected chi connectivity index (χ0v) is 25.0. The Morgan fingerprint density at radius 2 is 2.09 bits per heavy atom. The van der Waals surface area contributed by atoms with Gasteiger partial charge in [-0.05, 0) is 56.3 Å². The Hall–Kier alpha value is -4.27. The SMILES string of the molecule is C#Cc1cccc2cc(O)cc(-c3nc4c5c(nc(OCC67CCCN6CC(F)C7)nc5c3F)N(CC3CC(C)N3)CCO4)c12. The Morgan fingerprint density at radius 3 is 2.91 bits per heavy atom. The molecule has 0 amide bonds. The Balaban J connectivity index is 1.29. The summed E-state index contributed by atoms with van der Waals surface area (Å²) in [7, 11) is 0. The number of benzene rings is 2. The Labute approximate surface area is 259 Å². The van der Waals surface area contributed by atoms with Crippen LogP contribution in [0, 0.1) is 18.2 Å². The molecule has 0 saturated carbocycles. The minimum absolute atomic E-state index is 0.00193. The van der Waals surface area contributed by atoms with Crippen LogP contribution in [0.15, 0.2) is 30.3 Å². The first kappa shape index (κ1) is 28.2. The third-order valence-corrected chi connectivity index (χ3v) is 9.81. The maximum atomic E-state index is 16.9. The third-order valence-electron chi connectivity index (χ3n) is 9.81. The van der Waals surface area contributed by atoms with Crippen molar-refractivity contribution in [3.05, 3.63) is 41.7 Å². The van der Waals surface area contributed by atoms with Gasteiger partial charge in [0.2, 0.25) is 5.88 Å². The highest BCUT2D eigenvalue weighted by molar-refractivity contribution is 6.04. The number of aromatic hydroxyl groups is 1. The van der Waals surface area contributed by atoms with Crippen LogP contribution >= 0.6 is 0 Å². The zero-order valence-electron chi connectivity index (χ0n) is 25.0. The number of anilines is 1. The van der Waals surface area contributed by atoms with Gasteiger partial charge in [0.15, 0.2) is 5.82 Å². The van der Waals surface area contributed by atoms with E-state index >= 15 is 4.39 Å². The summed E-state index contributed by atoms with van der Waals surface area (Å²) in [5.41, 5.74) is 0.410. The van der Waals surface area contributed by atoms with Gasteiger partial charge in [0.05, 0.1) is 12.1 Å². The lowest BCUT2D eigenvalue weighted by Crippen LogP contribution is -2.56. The molecule has 4 aliphatic rings. The van der Waals surface area contributed by atoms with Gasteiger partial charge in [0, 0.05) is 48.1 Å². The van der Waals surface area contributed by atoms with Crippen molar-refractivity contribution in [1.82, 2.24) is 25.2 Å². The average Bonchev–Trinajstić information content (AvgIpc) is 3.47. The molecule has 3 saturated heterocycles. The van der Waals surface area contributed by atoms with Crippen LogP contribution in [0.2, 0.25) is 0 Å². The molecule has 2 aromatic heterocycles. The predicted octanol–water partition coefficient (Wildman–Crippen LogP) is 4.58. The van der Waals surface area contributed by atoms with E-state index in [9.17, 15) is 9.50 Å². The average molecular weight is 613 g/mol. The molecule has 6 heterocycles. The molecule has 4 aromatic rings. The number of halogens is 2. The van der Waals surface area contributed by atoms with Crippen molar-refractivity contribution >= 4 is 27.5 Å². The van der Waals surface area contributed by atoms with Gasteiger partial charge in [0.25, 0.3) is 0 Å². The second-order valence-corrected chi connectivity index (χ2v) is 12.8. The van der Waals surface area contributed by atoms with Crippen molar-refractivity contribution in [3.63, 3.8) is 0 Å². The molecule has 3 fully saturated rings. The van der Waals surface area contributed by atoms with Gasteiger partial charge < -0.3 is 24.8 Å². The fraction of sp³-hybridized carbons (Fsp3) is 0.441. The van der Waals surface area contributed by atoms with Crippen LogP contribution in [-0.4, -0.2) is 88.1 Å². The van der Waals surface area contributed by atoms with E-state index in [1.807, 2.05) is 0 Å². The van der Waals surface area contributed by atoms with Crippen LogP contribution in [0.5, 0.6) is 17.6 Å². The summed E-state index contributed by atoms with van der Waals surface area (Å²) in [6.07, 6.45) is 8.15. The Kier molecular flexibility index (Phi) is 6.69. The number of hydrogen-bond donors (Lipinski definition) is 2. The molecule has 2 N–H and O–H groups in total.